The molecule has 2 atom stereocenters. The van der Waals surface area contributed by atoms with Gasteiger partial charge in [-0.3, -0.25) is 4.79 Å². The largest absolute Gasteiger partial charge is 0.480 e. The van der Waals surface area contributed by atoms with E-state index in [0.29, 0.717) is 0 Å². The molecule has 0 aliphatic heterocycles. The molecule has 7 heteroatoms. The van der Waals surface area contributed by atoms with Crippen molar-refractivity contribution in [2.24, 2.45) is 5.92 Å². The SMILES string of the molecule is CCC(C)(NC(=O)C(C)(NC(=O)OCC1c2ccccc2-c2ccccc21)C1CC1)C(=O)O. The number of hydrogen-bond donors (Lipinski definition) is 3. The quantitative estimate of drug-likeness (QED) is 0.563. The van der Waals surface area contributed by atoms with Crippen molar-refractivity contribution < 1.29 is 24.2 Å². The highest BCUT2D eigenvalue weighted by Crippen LogP contribution is 2.44. The fourth-order valence-electron chi connectivity index (χ4n) is 4.52. The molecule has 0 spiro atoms. The van der Waals surface area contributed by atoms with E-state index in [1.165, 1.54) is 6.92 Å². The Morgan fingerprint density at radius 1 is 0.970 bits per heavy atom. The number of benzene rings is 2. The van der Waals surface area contributed by atoms with Crippen LogP contribution in [0.5, 0.6) is 0 Å². The Morgan fingerprint density at radius 3 is 2.00 bits per heavy atom. The van der Waals surface area contributed by atoms with Crippen LogP contribution in [0.25, 0.3) is 11.1 Å². The highest BCUT2D eigenvalue weighted by Gasteiger charge is 2.51. The number of fused-ring (bicyclic) bond motifs is 3. The van der Waals surface area contributed by atoms with Gasteiger partial charge in [-0.15, -0.1) is 0 Å². The second kappa shape index (κ2) is 8.54. The summed E-state index contributed by atoms with van der Waals surface area (Å²) in [4.78, 5) is 37.6. The van der Waals surface area contributed by atoms with E-state index in [4.69, 9.17) is 4.74 Å². The number of rotatable bonds is 8. The highest BCUT2D eigenvalue weighted by atomic mass is 16.5. The molecule has 1 saturated carbocycles. The zero-order valence-corrected chi connectivity index (χ0v) is 19.2. The van der Waals surface area contributed by atoms with Crippen LogP contribution >= 0.6 is 0 Å². The van der Waals surface area contributed by atoms with E-state index in [1.54, 1.807) is 13.8 Å². The van der Waals surface area contributed by atoms with Gasteiger partial charge in [0.05, 0.1) is 0 Å². The maximum Gasteiger partial charge on any atom is 0.408 e. The predicted molar refractivity (Wildman–Crippen MR) is 124 cm³/mol. The van der Waals surface area contributed by atoms with Crippen molar-refractivity contribution in [1.29, 1.82) is 0 Å². The fourth-order valence-corrected chi connectivity index (χ4v) is 4.52. The average molecular weight is 451 g/mol. The first-order chi connectivity index (χ1) is 15.7. The molecule has 0 saturated heterocycles. The van der Waals surface area contributed by atoms with E-state index in [2.05, 4.69) is 22.8 Å². The molecule has 0 radical (unpaired) electrons. The Hall–Kier alpha value is -3.35. The van der Waals surface area contributed by atoms with Crippen LogP contribution in [0, 0.1) is 5.92 Å². The van der Waals surface area contributed by atoms with E-state index >= 15 is 0 Å². The van der Waals surface area contributed by atoms with Gasteiger partial charge in [0, 0.05) is 5.92 Å². The van der Waals surface area contributed by atoms with Gasteiger partial charge >= 0.3 is 12.1 Å². The molecular formula is C26H30N2O5. The molecular weight excluding hydrogens is 420 g/mol. The van der Waals surface area contributed by atoms with Gasteiger partial charge in [-0.2, -0.15) is 0 Å². The monoisotopic (exact) mass is 450 g/mol. The van der Waals surface area contributed by atoms with E-state index in [1.807, 2.05) is 36.4 Å². The van der Waals surface area contributed by atoms with Gasteiger partial charge < -0.3 is 20.5 Å². The zero-order chi connectivity index (χ0) is 23.8. The number of alkyl carbamates (subject to hydrolysis) is 1. The van der Waals surface area contributed by atoms with Crippen molar-refractivity contribution in [3.8, 4) is 11.1 Å². The lowest BCUT2D eigenvalue weighted by atomic mass is 9.91. The smallest absolute Gasteiger partial charge is 0.408 e. The van der Waals surface area contributed by atoms with Crippen molar-refractivity contribution in [1.82, 2.24) is 10.6 Å². The summed E-state index contributed by atoms with van der Waals surface area (Å²) in [7, 11) is 0. The third-order valence-corrected chi connectivity index (χ3v) is 7.14. The van der Waals surface area contributed by atoms with Gasteiger partial charge in [0.25, 0.3) is 0 Å². The van der Waals surface area contributed by atoms with Crippen LogP contribution in [0.15, 0.2) is 48.5 Å². The van der Waals surface area contributed by atoms with Gasteiger partial charge in [-0.25, -0.2) is 9.59 Å². The second-order valence-electron chi connectivity index (χ2n) is 9.37. The second-order valence-corrected chi connectivity index (χ2v) is 9.37. The first-order valence-electron chi connectivity index (χ1n) is 11.4. The standard InChI is InChI=1S/C26H30N2O5/c1-4-25(2,23(30)31)27-22(29)26(3,16-13-14-16)28-24(32)33-15-21-19-11-7-5-9-17(19)18-10-6-8-12-20(18)21/h5-12,16,21H,4,13-15H2,1-3H3,(H,27,29)(H,28,32)(H,30,31). The molecule has 33 heavy (non-hydrogen) atoms. The molecule has 7 nitrogen and oxygen atoms in total. The van der Waals surface area contributed by atoms with Crippen LogP contribution in [-0.2, 0) is 14.3 Å². The van der Waals surface area contributed by atoms with Gasteiger partial charge in [-0.05, 0) is 61.3 Å². The number of aliphatic carboxylic acids is 1. The minimum atomic E-state index is -1.41. The Morgan fingerprint density at radius 2 is 1.52 bits per heavy atom. The molecule has 2 aromatic carbocycles. The lowest BCUT2D eigenvalue weighted by molar-refractivity contribution is -0.148. The van der Waals surface area contributed by atoms with E-state index in [9.17, 15) is 19.5 Å². The summed E-state index contributed by atoms with van der Waals surface area (Å²) in [6.45, 7) is 4.94. The molecule has 2 aromatic rings. The molecule has 174 valence electrons. The topological polar surface area (TPSA) is 105 Å². The summed E-state index contributed by atoms with van der Waals surface area (Å²) in [6, 6.07) is 16.1. The number of carbonyl (C=O) groups is 3. The predicted octanol–water partition coefficient (Wildman–Crippen LogP) is 4.06. The normalized spacial score (nSPS) is 18.3. The number of amides is 2. The number of carboxylic acid groups (broad SMARTS) is 1. The summed E-state index contributed by atoms with van der Waals surface area (Å²) < 4.78 is 5.62. The van der Waals surface area contributed by atoms with Crippen LogP contribution in [-0.4, -0.2) is 40.8 Å². The first-order valence-corrected chi connectivity index (χ1v) is 11.4. The molecule has 2 unspecified atom stereocenters. The first kappa shape index (κ1) is 22.8. The number of ether oxygens (including phenoxy) is 1. The number of carboxylic acids is 1. The van der Waals surface area contributed by atoms with Crippen molar-refractivity contribution in [2.75, 3.05) is 6.61 Å². The highest BCUT2D eigenvalue weighted by molar-refractivity contribution is 5.94. The van der Waals surface area contributed by atoms with Crippen molar-refractivity contribution in [3.63, 3.8) is 0 Å². The van der Waals surface area contributed by atoms with E-state index in [-0.39, 0.29) is 24.9 Å². The van der Waals surface area contributed by atoms with Gasteiger partial charge in [0.15, 0.2) is 0 Å². The Kier molecular flexibility index (Phi) is 5.91. The molecule has 4 rings (SSSR count). The van der Waals surface area contributed by atoms with E-state index < -0.39 is 29.0 Å². The molecule has 0 bridgehead atoms. The van der Waals surface area contributed by atoms with Crippen LogP contribution in [0.1, 0.15) is 57.1 Å². The molecule has 3 N–H and O–H groups in total. The van der Waals surface area contributed by atoms with Gasteiger partial charge in [0.1, 0.15) is 17.7 Å². The van der Waals surface area contributed by atoms with Crippen LogP contribution in [0.3, 0.4) is 0 Å². The maximum absolute atomic E-state index is 13.1. The van der Waals surface area contributed by atoms with Crippen molar-refractivity contribution >= 4 is 18.0 Å². The Labute approximate surface area is 193 Å². The average Bonchev–Trinajstić information content (AvgIpc) is 3.61. The van der Waals surface area contributed by atoms with Gasteiger partial charge in [0.2, 0.25) is 5.91 Å². The minimum absolute atomic E-state index is 0.0621. The lowest BCUT2D eigenvalue weighted by Crippen LogP contribution is -2.64. The zero-order valence-electron chi connectivity index (χ0n) is 19.2. The molecule has 2 aliphatic rings. The number of nitrogens with one attached hydrogen (secondary N) is 2. The summed E-state index contributed by atoms with van der Waals surface area (Å²) in [5.74, 6) is -1.77. The molecule has 0 heterocycles. The summed E-state index contributed by atoms with van der Waals surface area (Å²) in [6.07, 6.45) is 1.10. The Balaban J connectivity index is 1.46. The van der Waals surface area contributed by atoms with Gasteiger partial charge in [-0.1, -0.05) is 55.5 Å². The van der Waals surface area contributed by atoms with Crippen LogP contribution in [0.4, 0.5) is 4.79 Å². The van der Waals surface area contributed by atoms with Crippen molar-refractivity contribution in [3.05, 3.63) is 59.7 Å². The number of hydrogen-bond acceptors (Lipinski definition) is 4. The lowest BCUT2D eigenvalue weighted by Gasteiger charge is -2.34. The number of carbonyl (C=O) groups excluding carboxylic acids is 2. The third-order valence-electron chi connectivity index (χ3n) is 7.14. The third kappa shape index (κ3) is 4.19. The van der Waals surface area contributed by atoms with E-state index in [0.717, 1.165) is 35.1 Å². The fraction of sp³-hybridized carbons (Fsp3) is 0.423. The minimum Gasteiger partial charge on any atom is -0.480 e. The van der Waals surface area contributed by atoms with Crippen LogP contribution < -0.4 is 10.6 Å². The maximum atomic E-state index is 13.1. The summed E-state index contributed by atoms with van der Waals surface area (Å²) in [5, 5.41) is 14.9. The molecule has 0 aromatic heterocycles. The van der Waals surface area contributed by atoms with Crippen molar-refractivity contribution in [2.45, 2.75) is 57.0 Å². The van der Waals surface area contributed by atoms with Crippen LogP contribution in [0.2, 0.25) is 0 Å². The summed E-state index contributed by atoms with van der Waals surface area (Å²) >= 11 is 0. The molecule has 1 fully saturated rings. The molecule has 2 amide bonds. The summed E-state index contributed by atoms with van der Waals surface area (Å²) in [5.41, 5.74) is 1.84. The molecule has 2 aliphatic carbocycles. The Bertz CT molecular complexity index is 1050.